The van der Waals surface area contributed by atoms with Crippen LogP contribution < -0.4 is 0 Å². The Hall–Kier alpha value is -2.90. The second-order valence-electron chi connectivity index (χ2n) is 8.25. The van der Waals surface area contributed by atoms with Crippen LogP contribution in [0.25, 0.3) is 0 Å². The van der Waals surface area contributed by atoms with Crippen LogP contribution in [-0.4, -0.2) is 65.8 Å². The highest BCUT2D eigenvalue weighted by Gasteiger charge is 2.37. The molecule has 3 atom stereocenters. The van der Waals surface area contributed by atoms with E-state index in [1.807, 2.05) is 18.2 Å². The summed E-state index contributed by atoms with van der Waals surface area (Å²) in [6.45, 7) is 8.26. The summed E-state index contributed by atoms with van der Waals surface area (Å²) in [6.07, 6.45) is -0.0658. The summed E-state index contributed by atoms with van der Waals surface area (Å²) >= 11 is 0. The van der Waals surface area contributed by atoms with E-state index in [1.54, 1.807) is 32.9 Å². The Kier molecular flexibility index (Phi) is 9.01. The van der Waals surface area contributed by atoms with Gasteiger partial charge in [-0.25, -0.2) is 9.59 Å². The zero-order valence-electron chi connectivity index (χ0n) is 18.7. The topological polar surface area (TPSA) is 93.2 Å². The molecule has 0 spiro atoms. The average molecular weight is 421 g/mol. The van der Waals surface area contributed by atoms with E-state index in [4.69, 9.17) is 9.47 Å². The fourth-order valence-corrected chi connectivity index (χ4v) is 2.70. The fraction of sp³-hybridized carbons (Fsp3) is 0.545. The van der Waals surface area contributed by atoms with Gasteiger partial charge in [0.25, 0.3) is 0 Å². The van der Waals surface area contributed by atoms with E-state index in [0.717, 1.165) is 15.4 Å². The molecule has 30 heavy (non-hydrogen) atoms. The number of hydrogen-bond donors (Lipinski definition) is 0. The molecule has 8 heteroatoms. The number of rotatable bonds is 8. The molecule has 0 N–H and O–H groups in total. The van der Waals surface area contributed by atoms with Crippen LogP contribution in [0, 0.1) is 5.92 Å². The van der Waals surface area contributed by atoms with Crippen LogP contribution in [-0.2, 0) is 30.5 Å². The van der Waals surface area contributed by atoms with E-state index in [-0.39, 0.29) is 6.61 Å². The molecule has 1 aromatic rings. The highest BCUT2D eigenvalue weighted by atomic mass is 16.6. The number of aldehydes is 1. The molecule has 166 valence electrons. The lowest BCUT2D eigenvalue weighted by Crippen LogP contribution is -2.54. The van der Waals surface area contributed by atoms with Crippen molar-refractivity contribution in [2.45, 2.75) is 58.9 Å². The van der Waals surface area contributed by atoms with Crippen LogP contribution in [0.4, 0.5) is 4.79 Å². The minimum atomic E-state index is -1.12. The van der Waals surface area contributed by atoms with Gasteiger partial charge >= 0.3 is 12.1 Å². The molecule has 8 nitrogen and oxygen atoms in total. The number of carbonyl (C=O) groups excluding carboxylic acids is 4. The van der Waals surface area contributed by atoms with Crippen LogP contribution in [0.2, 0.25) is 0 Å². The molecule has 0 aliphatic heterocycles. The van der Waals surface area contributed by atoms with Crippen molar-refractivity contribution in [2.24, 2.45) is 5.92 Å². The molecule has 0 heterocycles. The lowest BCUT2D eigenvalue weighted by molar-refractivity contribution is -0.159. The van der Waals surface area contributed by atoms with Crippen molar-refractivity contribution in [1.29, 1.82) is 0 Å². The highest BCUT2D eigenvalue weighted by Crippen LogP contribution is 2.16. The fourth-order valence-electron chi connectivity index (χ4n) is 2.70. The minimum absolute atomic E-state index is 0.0249. The van der Waals surface area contributed by atoms with Crippen molar-refractivity contribution in [3.8, 4) is 0 Å². The van der Waals surface area contributed by atoms with Gasteiger partial charge in [-0.1, -0.05) is 37.3 Å². The van der Waals surface area contributed by atoms with E-state index >= 15 is 0 Å². The molecular formula is C22H32N2O6. The number of carbonyl (C=O) groups is 4. The molecule has 0 aliphatic carbocycles. The molecule has 0 aliphatic rings. The number of likely N-dealkylation sites (N-methyl/N-ethyl adjacent to an activating group) is 2. The maximum atomic E-state index is 12.9. The first kappa shape index (κ1) is 25.1. The van der Waals surface area contributed by atoms with Crippen LogP contribution in [0.1, 0.15) is 40.2 Å². The lowest BCUT2D eigenvalue weighted by atomic mass is 10.0. The molecular weight excluding hydrogens is 388 g/mol. The standard InChI is InChI=1S/C22H32N2O6/c1-15(13-25)18(20(27)29-14-17-11-9-8-10-12-17)24(7)19(26)16(2)23(6)21(28)30-22(3,4)5/h8-13,15-16,18H,14H2,1-7H3/t15-,16-,18+/m1/s1. The number of ether oxygens (including phenoxy) is 2. The molecule has 1 aromatic carbocycles. The smallest absolute Gasteiger partial charge is 0.410 e. The van der Waals surface area contributed by atoms with Gasteiger partial charge in [-0.05, 0) is 33.3 Å². The zero-order valence-corrected chi connectivity index (χ0v) is 18.7. The number of benzene rings is 1. The van der Waals surface area contributed by atoms with Crippen molar-refractivity contribution in [3.63, 3.8) is 0 Å². The summed E-state index contributed by atoms with van der Waals surface area (Å²) in [5, 5.41) is 0. The normalized spacial score (nSPS) is 14.1. The van der Waals surface area contributed by atoms with Crippen LogP contribution in [0.15, 0.2) is 30.3 Å². The van der Waals surface area contributed by atoms with E-state index in [1.165, 1.54) is 27.9 Å². The Morgan fingerprint density at radius 3 is 2.10 bits per heavy atom. The quantitative estimate of drug-likeness (QED) is 0.474. The van der Waals surface area contributed by atoms with Crippen molar-refractivity contribution in [1.82, 2.24) is 9.80 Å². The highest BCUT2D eigenvalue weighted by molar-refractivity contribution is 5.90. The Labute approximate surface area is 178 Å². The molecule has 0 saturated heterocycles. The van der Waals surface area contributed by atoms with E-state index in [2.05, 4.69) is 0 Å². The van der Waals surface area contributed by atoms with Crippen molar-refractivity contribution in [3.05, 3.63) is 35.9 Å². The number of hydrogen-bond acceptors (Lipinski definition) is 6. The summed E-state index contributed by atoms with van der Waals surface area (Å²) in [4.78, 5) is 51.6. The van der Waals surface area contributed by atoms with Gasteiger partial charge in [0.1, 0.15) is 30.6 Å². The lowest BCUT2D eigenvalue weighted by Gasteiger charge is -2.34. The molecule has 0 unspecified atom stereocenters. The first-order chi connectivity index (χ1) is 13.9. The number of esters is 1. The summed E-state index contributed by atoms with van der Waals surface area (Å²) in [5.41, 5.74) is 0.0749. The average Bonchev–Trinajstić information content (AvgIpc) is 2.69. The maximum Gasteiger partial charge on any atom is 0.410 e. The van der Waals surface area contributed by atoms with Gasteiger partial charge in [0.15, 0.2) is 0 Å². The van der Waals surface area contributed by atoms with Crippen LogP contribution in [0.3, 0.4) is 0 Å². The third-order valence-electron chi connectivity index (χ3n) is 4.56. The van der Waals surface area contributed by atoms with Crippen molar-refractivity contribution < 1.29 is 28.7 Å². The second kappa shape index (κ2) is 10.8. The molecule has 0 saturated carbocycles. The Bertz CT molecular complexity index is 744. The van der Waals surface area contributed by atoms with Crippen LogP contribution in [0.5, 0.6) is 0 Å². The SMILES string of the molecule is C[C@H](C=O)[C@@H](C(=O)OCc1ccccc1)N(C)C(=O)[C@@H](C)N(C)C(=O)OC(C)(C)C. The van der Waals surface area contributed by atoms with Crippen LogP contribution >= 0.6 is 0 Å². The van der Waals surface area contributed by atoms with Gasteiger partial charge in [0, 0.05) is 20.0 Å². The maximum absolute atomic E-state index is 12.9. The Morgan fingerprint density at radius 1 is 1.03 bits per heavy atom. The Balaban J connectivity index is 2.91. The third-order valence-corrected chi connectivity index (χ3v) is 4.56. The van der Waals surface area contributed by atoms with Gasteiger partial charge in [0.05, 0.1) is 0 Å². The largest absolute Gasteiger partial charge is 0.459 e. The minimum Gasteiger partial charge on any atom is -0.459 e. The first-order valence-corrected chi connectivity index (χ1v) is 9.77. The third kappa shape index (κ3) is 7.17. The predicted molar refractivity (Wildman–Crippen MR) is 111 cm³/mol. The first-order valence-electron chi connectivity index (χ1n) is 9.77. The van der Waals surface area contributed by atoms with Crippen molar-refractivity contribution >= 4 is 24.3 Å². The molecule has 1 rings (SSSR count). The summed E-state index contributed by atoms with van der Waals surface area (Å²) in [7, 11) is 2.85. The van der Waals surface area contributed by atoms with Gasteiger partial charge in [-0.2, -0.15) is 0 Å². The monoisotopic (exact) mass is 420 g/mol. The number of nitrogens with zero attached hydrogens (tertiary/aromatic N) is 2. The van der Waals surface area contributed by atoms with E-state index in [0.29, 0.717) is 6.29 Å². The summed E-state index contributed by atoms with van der Waals surface area (Å²) < 4.78 is 10.6. The summed E-state index contributed by atoms with van der Waals surface area (Å²) in [6, 6.07) is 7.06. The molecule has 2 amide bonds. The van der Waals surface area contributed by atoms with Gasteiger partial charge in [-0.3, -0.25) is 9.69 Å². The van der Waals surface area contributed by atoms with Gasteiger partial charge in [-0.15, -0.1) is 0 Å². The zero-order chi connectivity index (χ0) is 23.1. The second-order valence-corrected chi connectivity index (χ2v) is 8.25. The van der Waals surface area contributed by atoms with E-state index in [9.17, 15) is 19.2 Å². The molecule has 0 radical (unpaired) electrons. The van der Waals surface area contributed by atoms with Gasteiger partial charge in [0.2, 0.25) is 5.91 Å². The molecule has 0 aromatic heterocycles. The van der Waals surface area contributed by atoms with E-state index < -0.39 is 41.6 Å². The van der Waals surface area contributed by atoms with Gasteiger partial charge < -0.3 is 19.2 Å². The Morgan fingerprint density at radius 2 is 1.60 bits per heavy atom. The number of amides is 2. The summed E-state index contributed by atoms with van der Waals surface area (Å²) in [5.74, 6) is -2.00. The van der Waals surface area contributed by atoms with Crippen molar-refractivity contribution in [2.75, 3.05) is 14.1 Å². The molecule has 0 bridgehead atoms. The molecule has 0 fully saturated rings. The predicted octanol–water partition coefficient (Wildman–Crippen LogP) is 2.65.